The fraction of sp³-hybridized carbons (Fsp3) is 0.407. The lowest BCUT2D eigenvalue weighted by atomic mass is 9.49. The number of piperazine rings is 1. The highest BCUT2D eigenvalue weighted by Crippen LogP contribution is 2.38. The molecule has 2 fully saturated rings. The molecule has 0 spiro atoms. The number of nitrogens with one attached hydrogen (secondary N) is 3. The predicted molar refractivity (Wildman–Crippen MR) is 172 cm³/mol. The van der Waals surface area contributed by atoms with Gasteiger partial charge in [0.25, 0.3) is 11.8 Å². The number of nitrogens with zero attached hydrogens (tertiary/aromatic N) is 6. The lowest BCUT2D eigenvalue weighted by Gasteiger charge is -2.33. The Morgan fingerprint density at radius 2 is 1.72 bits per heavy atom. The molecule has 2 aliphatic rings. The molecule has 3 heterocycles. The largest absolute Gasteiger partial charge is 0.494 e. The number of para-hydroxylation sites is 1. The Morgan fingerprint density at radius 1 is 1.02 bits per heavy atom. The first-order chi connectivity index (χ1) is 21.6. The molecule has 5 rings (SSSR count). The number of benzene rings is 1. The van der Waals surface area contributed by atoms with Crippen LogP contribution in [0.1, 0.15) is 33.8 Å². The number of ether oxygens (including phenoxy) is 1. The molecule has 6 radical (unpaired) electrons. The molecule has 1 aliphatic heterocycles. The van der Waals surface area contributed by atoms with E-state index >= 15 is 0 Å². The molecule has 1 saturated carbocycles. The molecule has 234 valence electrons. The van der Waals surface area contributed by atoms with Crippen molar-refractivity contribution in [3.05, 3.63) is 41.7 Å². The lowest BCUT2D eigenvalue weighted by molar-refractivity contribution is -0.117. The molecule has 0 unspecified atom stereocenters. The standard InChI is InChI=1S/C27H30B3N9O6S/c1-37-20(26(42)38-9-11-39(12-10-38)46(3,43)44)13-18(36-37)16-5-4-6-17(23(16)45-2)31-19-14-21(32-24(40)15-7-8-15)34-35-22(19)25(41)33-27(28,29)30/h4-6,13-15H,7-12H2,1-3H3,(H,33,41)(H2,31,32,34,40). The second kappa shape index (κ2) is 12.8. The van der Waals surface area contributed by atoms with Crippen molar-refractivity contribution in [1.82, 2.24) is 34.5 Å². The van der Waals surface area contributed by atoms with Crippen LogP contribution in [0.2, 0.25) is 0 Å². The molecule has 46 heavy (non-hydrogen) atoms. The molecule has 1 aromatic carbocycles. The van der Waals surface area contributed by atoms with Gasteiger partial charge in [0, 0.05) is 50.8 Å². The van der Waals surface area contributed by atoms with Crippen LogP contribution < -0.4 is 20.7 Å². The van der Waals surface area contributed by atoms with E-state index in [1.807, 2.05) is 0 Å². The Balaban J connectivity index is 1.44. The van der Waals surface area contributed by atoms with Crippen LogP contribution in [-0.2, 0) is 21.9 Å². The van der Waals surface area contributed by atoms with Crippen molar-refractivity contribution in [2.75, 3.05) is 50.2 Å². The fourth-order valence-electron chi connectivity index (χ4n) is 4.93. The van der Waals surface area contributed by atoms with Crippen LogP contribution in [0.4, 0.5) is 17.2 Å². The van der Waals surface area contributed by atoms with Gasteiger partial charge in [0.15, 0.2) is 17.3 Å². The zero-order valence-electron chi connectivity index (χ0n) is 25.5. The van der Waals surface area contributed by atoms with E-state index in [1.54, 1.807) is 36.2 Å². The number of methoxy groups -OCH3 is 1. The van der Waals surface area contributed by atoms with Gasteiger partial charge >= 0.3 is 0 Å². The van der Waals surface area contributed by atoms with E-state index in [9.17, 15) is 22.8 Å². The summed E-state index contributed by atoms with van der Waals surface area (Å²) >= 11 is 0. The minimum absolute atomic E-state index is 0.0995. The highest BCUT2D eigenvalue weighted by molar-refractivity contribution is 7.88. The number of hydrogen-bond donors (Lipinski definition) is 3. The van der Waals surface area contributed by atoms with Crippen LogP contribution in [0.25, 0.3) is 11.3 Å². The van der Waals surface area contributed by atoms with Crippen LogP contribution in [0.3, 0.4) is 0 Å². The van der Waals surface area contributed by atoms with Crippen LogP contribution in [-0.4, -0.2) is 124 Å². The molecule has 1 aliphatic carbocycles. The number of rotatable bonds is 10. The lowest BCUT2D eigenvalue weighted by Crippen LogP contribution is -2.50. The average Bonchev–Trinajstić information content (AvgIpc) is 3.77. The van der Waals surface area contributed by atoms with E-state index in [0.717, 1.165) is 19.1 Å². The van der Waals surface area contributed by atoms with Gasteiger partial charge in [0.2, 0.25) is 15.9 Å². The minimum Gasteiger partial charge on any atom is -0.494 e. The normalized spacial score (nSPS) is 15.7. The molecular weight excluding hydrogens is 611 g/mol. The number of amides is 3. The van der Waals surface area contributed by atoms with Crippen LogP contribution in [0, 0.1) is 5.92 Å². The second-order valence-electron chi connectivity index (χ2n) is 11.1. The quantitative estimate of drug-likeness (QED) is 0.245. The van der Waals surface area contributed by atoms with Gasteiger partial charge in [-0.1, -0.05) is 11.3 Å². The SMILES string of the molecule is [B]C([B])([B])NC(=O)c1nnc(NC(=O)C2CC2)cc1Nc1cccc(-c2cc(C(=O)N3CCN(S(C)(=O)=O)CC3)n(C)n2)c1OC. The van der Waals surface area contributed by atoms with Crippen molar-refractivity contribution in [3.63, 3.8) is 0 Å². The molecule has 0 atom stereocenters. The maximum absolute atomic E-state index is 13.4. The van der Waals surface area contributed by atoms with Crippen molar-refractivity contribution in [1.29, 1.82) is 0 Å². The first-order valence-corrected chi connectivity index (χ1v) is 16.1. The van der Waals surface area contributed by atoms with E-state index in [2.05, 4.69) is 31.2 Å². The predicted octanol–water partition coefficient (Wildman–Crippen LogP) is -0.458. The smallest absolute Gasteiger partial charge is 0.272 e. The summed E-state index contributed by atoms with van der Waals surface area (Å²) < 4.78 is 32.3. The van der Waals surface area contributed by atoms with Gasteiger partial charge in [-0.05, 0) is 31.0 Å². The van der Waals surface area contributed by atoms with Gasteiger partial charge in [-0.2, -0.15) is 9.40 Å². The average molecular weight is 641 g/mol. The summed E-state index contributed by atoms with van der Waals surface area (Å²) in [5.74, 6) is -1.01. The van der Waals surface area contributed by atoms with Crippen LogP contribution in [0.15, 0.2) is 30.3 Å². The topological polar surface area (TPSA) is 181 Å². The zero-order chi connectivity index (χ0) is 33.4. The van der Waals surface area contributed by atoms with Crippen molar-refractivity contribution in [2.24, 2.45) is 13.0 Å². The number of sulfonamides is 1. The van der Waals surface area contributed by atoms with E-state index in [-0.39, 0.29) is 61.1 Å². The minimum atomic E-state index is -3.35. The summed E-state index contributed by atoms with van der Waals surface area (Å²) in [7, 11) is 16.4. The second-order valence-corrected chi connectivity index (χ2v) is 13.1. The van der Waals surface area contributed by atoms with Gasteiger partial charge < -0.3 is 25.6 Å². The Kier molecular flexibility index (Phi) is 9.17. The van der Waals surface area contributed by atoms with Crippen molar-refractivity contribution >= 4 is 68.5 Å². The first-order valence-electron chi connectivity index (χ1n) is 14.2. The number of hydrogen-bond acceptors (Lipinski definition) is 10. The Hall–Kier alpha value is -4.38. The van der Waals surface area contributed by atoms with Gasteiger partial charge in [-0.25, -0.2) is 8.42 Å². The molecule has 1 saturated heterocycles. The maximum atomic E-state index is 13.4. The monoisotopic (exact) mass is 641 g/mol. The number of aryl methyl sites for hydroxylation is 1. The van der Waals surface area contributed by atoms with E-state index in [1.165, 1.54) is 22.2 Å². The molecule has 15 nitrogen and oxygen atoms in total. The van der Waals surface area contributed by atoms with Crippen molar-refractivity contribution in [3.8, 4) is 17.0 Å². The molecule has 0 bridgehead atoms. The van der Waals surface area contributed by atoms with E-state index < -0.39 is 21.2 Å². The maximum Gasteiger partial charge on any atom is 0.272 e. The molecule has 3 N–H and O–H groups in total. The summed E-state index contributed by atoms with van der Waals surface area (Å²) in [4.78, 5) is 40.3. The van der Waals surface area contributed by atoms with Gasteiger partial charge in [-0.15, -0.1) is 10.2 Å². The fourth-order valence-corrected chi connectivity index (χ4v) is 5.76. The van der Waals surface area contributed by atoms with E-state index in [0.29, 0.717) is 28.4 Å². The van der Waals surface area contributed by atoms with Crippen molar-refractivity contribution < 1.29 is 27.5 Å². The summed E-state index contributed by atoms with van der Waals surface area (Å²) in [6.07, 6.45) is 2.70. The molecular formula is C27H30B3N9O6S. The number of carbonyl (C=O) groups excluding carboxylic acids is 3. The highest BCUT2D eigenvalue weighted by Gasteiger charge is 2.31. The third-order valence-electron chi connectivity index (χ3n) is 7.40. The number of anilines is 3. The van der Waals surface area contributed by atoms with Crippen molar-refractivity contribution in [2.45, 2.75) is 18.1 Å². The highest BCUT2D eigenvalue weighted by atomic mass is 32.2. The Morgan fingerprint density at radius 3 is 2.33 bits per heavy atom. The summed E-state index contributed by atoms with van der Waals surface area (Å²) in [6, 6.07) is 8.20. The molecule has 2 aromatic heterocycles. The summed E-state index contributed by atoms with van der Waals surface area (Å²) in [5.41, 5.74) is 1.53. The molecule has 3 aromatic rings. The van der Waals surface area contributed by atoms with Gasteiger partial charge in [0.1, 0.15) is 5.69 Å². The third kappa shape index (κ3) is 7.53. The zero-order valence-corrected chi connectivity index (χ0v) is 26.3. The molecule has 3 amide bonds. The summed E-state index contributed by atoms with van der Waals surface area (Å²) in [6.45, 7) is 0.895. The number of carbonyl (C=O) groups is 3. The molecule has 19 heteroatoms. The Bertz CT molecular complexity index is 1790. The number of aromatic nitrogens is 4. The van der Waals surface area contributed by atoms with Crippen LogP contribution in [0.5, 0.6) is 5.75 Å². The first kappa shape index (κ1) is 33.0. The Labute approximate surface area is 270 Å². The summed E-state index contributed by atoms with van der Waals surface area (Å²) in [5, 5.41) is 18.5. The van der Waals surface area contributed by atoms with Gasteiger partial charge in [0.05, 0.1) is 54.0 Å². The third-order valence-corrected chi connectivity index (χ3v) is 8.70. The van der Waals surface area contributed by atoms with Crippen LogP contribution >= 0.6 is 0 Å². The van der Waals surface area contributed by atoms with Gasteiger partial charge in [-0.3, -0.25) is 19.1 Å². The van der Waals surface area contributed by atoms with E-state index in [4.69, 9.17) is 28.3 Å².